The first-order valence-corrected chi connectivity index (χ1v) is 5.30. The molecule has 1 nitrogen and oxygen atoms in total. The molecule has 0 radical (unpaired) electrons. The van der Waals surface area contributed by atoms with E-state index in [0.29, 0.717) is 0 Å². The summed E-state index contributed by atoms with van der Waals surface area (Å²) in [4.78, 5) is 2.60. The zero-order valence-electron chi connectivity index (χ0n) is 8.05. The molecule has 68 valence electrons. The molecule has 0 bridgehead atoms. The van der Waals surface area contributed by atoms with Crippen LogP contribution in [0.25, 0.3) is 0 Å². The van der Waals surface area contributed by atoms with E-state index in [2.05, 4.69) is 17.9 Å². The number of allylic oxidation sites excluding steroid dienone is 2. The molecule has 2 aliphatic rings. The molecule has 1 saturated heterocycles. The van der Waals surface area contributed by atoms with Crippen LogP contribution in [0.4, 0.5) is 0 Å². The van der Waals surface area contributed by atoms with Gasteiger partial charge in [0.05, 0.1) is 0 Å². The largest absolute Gasteiger partial charge is 0.375 e. The van der Waals surface area contributed by atoms with Gasteiger partial charge in [0.2, 0.25) is 0 Å². The van der Waals surface area contributed by atoms with E-state index in [0.717, 1.165) is 5.92 Å². The maximum Gasteiger partial charge on any atom is 0.0177 e. The van der Waals surface area contributed by atoms with Crippen molar-refractivity contribution in [1.82, 2.24) is 4.90 Å². The predicted molar refractivity (Wildman–Crippen MR) is 51.9 cm³/mol. The van der Waals surface area contributed by atoms with Gasteiger partial charge >= 0.3 is 0 Å². The molecule has 0 aromatic rings. The predicted octanol–water partition coefficient (Wildman–Crippen LogP) is 2.79. The van der Waals surface area contributed by atoms with Gasteiger partial charge in [0.1, 0.15) is 0 Å². The van der Waals surface area contributed by atoms with Crippen LogP contribution in [0, 0.1) is 5.92 Å². The Balaban J connectivity index is 1.88. The van der Waals surface area contributed by atoms with E-state index in [9.17, 15) is 0 Å². The third-order valence-electron chi connectivity index (χ3n) is 3.21. The minimum absolute atomic E-state index is 0.961. The average molecular weight is 165 g/mol. The second-order valence-electron chi connectivity index (χ2n) is 4.26. The summed E-state index contributed by atoms with van der Waals surface area (Å²) in [5.41, 5.74) is 1.64. The molecule has 0 amide bonds. The van der Waals surface area contributed by atoms with Gasteiger partial charge in [-0.1, -0.05) is 13.0 Å². The molecule has 0 atom stereocenters. The second kappa shape index (κ2) is 3.51. The van der Waals surface area contributed by atoms with E-state index in [1.165, 1.54) is 45.2 Å². The Morgan fingerprint density at radius 1 is 1.33 bits per heavy atom. The van der Waals surface area contributed by atoms with E-state index in [1.54, 1.807) is 5.70 Å². The Kier molecular flexibility index (Phi) is 2.38. The van der Waals surface area contributed by atoms with Crippen molar-refractivity contribution in [3.05, 3.63) is 11.8 Å². The Labute approximate surface area is 75.4 Å². The van der Waals surface area contributed by atoms with Crippen molar-refractivity contribution in [2.75, 3.05) is 13.1 Å². The molecule has 1 heterocycles. The minimum Gasteiger partial charge on any atom is -0.375 e. The van der Waals surface area contributed by atoms with Gasteiger partial charge in [-0.2, -0.15) is 0 Å². The van der Waals surface area contributed by atoms with Crippen LogP contribution in [-0.4, -0.2) is 18.0 Å². The summed E-state index contributed by atoms with van der Waals surface area (Å²) in [5.74, 6) is 0.961. The Hall–Kier alpha value is -0.460. The van der Waals surface area contributed by atoms with E-state index in [-0.39, 0.29) is 0 Å². The first kappa shape index (κ1) is 8.15. The van der Waals surface area contributed by atoms with Crippen molar-refractivity contribution in [1.29, 1.82) is 0 Å². The van der Waals surface area contributed by atoms with E-state index in [1.807, 2.05) is 0 Å². The third-order valence-corrected chi connectivity index (χ3v) is 3.21. The lowest BCUT2D eigenvalue weighted by Gasteiger charge is -2.33. The first-order chi connectivity index (χ1) is 5.86. The van der Waals surface area contributed by atoms with E-state index >= 15 is 0 Å². The van der Waals surface area contributed by atoms with Crippen LogP contribution in [0.3, 0.4) is 0 Å². The highest BCUT2D eigenvalue weighted by molar-refractivity contribution is 5.07. The van der Waals surface area contributed by atoms with Crippen molar-refractivity contribution in [2.24, 2.45) is 5.92 Å². The van der Waals surface area contributed by atoms with Gasteiger partial charge in [0, 0.05) is 18.8 Å². The lowest BCUT2D eigenvalue weighted by atomic mass is 9.99. The third kappa shape index (κ3) is 1.65. The van der Waals surface area contributed by atoms with Crippen LogP contribution in [-0.2, 0) is 0 Å². The van der Waals surface area contributed by atoms with Crippen molar-refractivity contribution in [3.63, 3.8) is 0 Å². The van der Waals surface area contributed by atoms with E-state index < -0.39 is 0 Å². The number of piperidine rings is 1. The number of nitrogens with zero attached hydrogens (tertiary/aromatic N) is 1. The monoisotopic (exact) mass is 165 g/mol. The number of rotatable bonds is 1. The average Bonchev–Trinajstić information content (AvgIpc) is 2.58. The molecule has 0 unspecified atom stereocenters. The summed E-state index contributed by atoms with van der Waals surface area (Å²) >= 11 is 0. The molecule has 1 aliphatic carbocycles. The van der Waals surface area contributed by atoms with Gasteiger partial charge in [0.15, 0.2) is 0 Å². The summed E-state index contributed by atoms with van der Waals surface area (Å²) in [7, 11) is 0. The Morgan fingerprint density at radius 2 is 2.08 bits per heavy atom. The van der Waals surface area contributed by atoms with Crippen LogP contribution >= 0.6 is 0 Å². The lowest BCUT2D eigenvalue weighted by molar-refractivity contribution is 0.233. The fourth-order valence-corrected chi connectivity index (χ4v) is 2.24. The molecule has 1 aliphatic heterocycles. The first-order valence-electron chi connectivity index (χ1n) is 5.30. The number of hydrogen-bond acceptors (Lipinski definition) is 1. The quantitative estimate of drug-likeness (QED) is 0.577. The van der Waals surface area contributed by atoms with Crippen molar-refractivity contribution < 1.29 is 0 Å². The molecule has 0 aromatic carbocycles. The lowest BCUT2D eigenvalue weighted by Crippen LogP contribution is -2.31. The normalized spacial score (nSPS) is 26.1. The molecule has 0 N–H and O–H groups in total. The minimum atomic E-state index is 0.961. The summed E-state index contributed by atoms with van der Waals surface area (Å²) < 4.78 is 0. The zero-order chi connectivity index (χ0) is 8.39. The van der Waals surface area contributed by atoms with Gasteiger partial charge in [-0.05, 0) is 38.0 Å². The highest BCUT2D eigenvalue weighted by Gasteiger charge is 2.18. The maximum atomic E-state index is 2.60. The SMILES string of the molecule is CC1CCN(C2=CCCC2)CC1. The zero-order valence-corrected chi connectivity index (χ0v) is 8.05. The van der Waals surface area contributed by atoms with Crippen molar-refractivity contribution in [3.8, 4) is 0 Å². The van der Waals surface area contributed by atoms with Gasteiger partial charge < -0.3 is 4.90 Å². The highest BCUT2D eigenvalue weighted by atomic mass is 15.1. The summed E-state index contributed by atoms with van der Waals surface area (Å²) in [6.45, 7) is 5.00. The maximum absolute atomic E-state index is 2.60. The van der Waals surface area contributed by atoms with Crippen molar-refractivity contribution in [2.45, 2.75) is 39.0 Å². The van der Waals surface area contributed by atoms with Crippen LogP contribution < -0.4 is 0 Å². The molecule has 0 aromatic heterocycles. The standard InChI is InChI=1S/C11H19N/c1-10-6-8-12(9-7-10)11-4-2-3-5-11/h4,10H,2-3,5-9H2,1H3. The molecule has 1 fully saturated rings. The highest BCUT2D eigenvalue weighted by Crippen LogP contribution is 2.26. The molecule has 12 heavy (non-hydrogen) atoms. The summed E-state index contributed by atoms with van der Waals surface area (Å²) in [5, 5.41) is 0. The molecular formula is C11H19N. The van der Waals surface area contributed by atoms with E-state index in [4.69, 9.17) is 0 Å². The number of likely N-dealkylation sites (tertiary alicyclic amines) is 1. The van der Waals surface area contributed by atoms with Crippen LogP contribution in [0.2, 0.25) is 0 Å². The number of hydrogen-bond donors (Lipinski definition) is 0. The second-order valence-corrected chi connectivity index (χ2v) is 4.26. The topological polar surface area (TPSA) is 3.24 Å². The van der Waals surface area contributed by atoms with Gasteiger partial charge in [0.25, 0.3) is 0 Å². The summed E-state index contributed by atoms with van der Waals surface area (Å²) in [6, 6.07) is 0. The molecule has 0 saturated carbocycles. The molecule has 0 spiro atoms. The van der Waals surface area contributed by atoms with Gasteiger partial charge in [-0.3, -0.25) is 0 Å². The smallest absolute Gasteiger partial charge is 0.0177 e. The van der Waals surface area contributed by atoms with Crippen LogP contribution in [0.1, 0.15) is 39.0 Å². The van der Waals surface area contributed by atoms with Crippen LogP contribution in [0.15, 0.2) is 11.8 Å². The fraction of sp³-hybridized carbons (Fsp3) is 0.818. The summed E-state index contributed by atoms with van der Waals surface area (Å²) in [6.07, 6.45) is 9.29. The van der Waals surface area contributed by atoms with Crippen molar-refractivity contribution >= 4 is 0 Å². The Morgan fingerprint density at radius 3 is 2.67 bits per heavy atom. The Bertz CT molecular complexity index is 175. The van der Waals surface area contributed by atoms with Gasteiger partial charge in [-0.15, -0.1) is 0 Å². The van der Waals surface area contributed by atoms with Gasteiger partial charge in [-0.25, -0.2) is 0 Å². The molecule has 2 rings (SSSR count). The fourth-order valence-electron chi connectivity index (χ4n) is 2.24. The molecule has 1 heteroatoms. The molecular weight excluding hydrogens is 146 g/mol. The van der Waals surface area contributed by atoms with Crippen LogP contribution in [0.5, 0.6) is 0 Å².